The summed E-state index contributed by atoms with van der Waals surface area (Å²) in [6, 6.07) is 6.89. The molecule has 1 aliphatic rings. The molecule has 0 saturated heterocycles. The van der Waals surface area contributed by atoms with E-state index in [0.29, 0.717) is 0 Å². The van der Waals surface area contributed by atoms with Crippen molar-refractivity contribution < 1.29 is 4.39 Å². The molecule has 0 atom stereocenters. The Labute approximate surface area is 124 Å². The van der Waals surface area contributed by atoms with Crippen molar-refractivity contribution in [2.45, 2.75) is 26.7 Å². The summed E-state index contributed by atoms with van der Waals surface area (Å²) in [4.78, 5) is 11.0. The van der Waals surface area contributed by atoms with Crippen LogP contribution in [0.3, 0.4) is 0 Å². The van der Waals surface area contributed by atoms with Gasteiger partial charge in [-0.1, -0.05) is 13.0 Å². The van der Waals surface area contributed by atoms with E-state index in [1.165, 1.54) is 6.07 Å². The lowest BCUT2D eigenvalue weighted by Crippen LogP contribution is -2.16. The minimum absolute atomic E-state index is 0.212. The van der Waals surface area contributed by atoms with Crippen molar-refractivity contribution in [3.8, 4) is 0 Å². The van der Waals surface area contributed by atoms with Crippen molar-refractivity contribution in [1.82, 2.24) is 9.97 Å². The molecule has 110 valence electrons. The third-order valence-electron chi connectivity index (χ3n) is 3.60. The normalized spacial score (nSPS) is 13.4. The van der Waals surface area contributed by atoms with Gasteiger partial charge in [0.15, 0.2) is 0 Å². The minimum atomic E-state index is -0.212. The standard InChI is InChI=1S/C16H19FN4/c1-3-7-18-15-10-16(20-11(2)19-15)21-8-6-12-4-5-13(17)9-14(12)21/h4-5,9-10H,3,6-8H2,1-2H3,(H,18,19,20). The second-order valence-electron chi connectivity index (χ2n) is 5.26. The fraction of sp³-hybridized carbons (Fsp3) is 0.375. The molecular formula is C16H19FN4. The fourth-order valence-corrected chi connectivity index (χ4v) is 2.62. The molecule has 0 fully saturated rings. The van der Waals surface area contributed by atoms with Gasteiger partial charge >= 0.3 is 0 Å². The number of halogens is 1. The zero-order valence-electron chi connectivity index (χ0n) is 12.4. The first kappa shape index (κ1) is 13.8. The molecule has 0 saturated carbocycles. The third-order valence-corrected chi connectivity index (χ3v) is 3.60. The Hall–Kier alpha value is -2.17. The molecule has 3 rings (SSSR count). The first-order chi connectivity index (χ1) is 10.2. The number of rotatable bonds is 4. The topological polar surface area (TPSA) is 41.0 Å². The van der Waals surface area contributed by atoms with E-state index in [4.69, 9.17) is 0 Å². The van der Waals surface area contributed by atoms with Crippen molar-refractivity contribution in [2.24, 2.45) is 0 Å². The van der Waals surface area contributed by atoms with Crippen LogP contribution < -0.4 is 10.2 Å². The molecule has 21 heavy (non-hydrogen) atoms. The van der Waals surface area contributed by atoms with Crippen molar-refractivity contribution >= 4 is 17.3 Å². The summed E-state index contributed by atoms with van der Waals surface area (Å²) in [6.45, 7) is 5.69. The Kier molecular flexibility index (Phi) is 3.73. The number of anilines is 3. The first-order valence-corrected chi connectivity index (χ1v) is 7.33. The average Bonchev–Trinajstić information content (AvgIpc) is 2.87. The lowest BCUT2D eigenvalue weighted by molar-refractivity contribution is 0.628. The van der Waals surface area contributed by atoms with Crippen LogP contribution in [0.15, 0.2) is 24.3 Å². The van der Waals surface area contributed by atoms with Crippen LogP contribution in [0.25, 0.3) is 0 Å². The largest absolute Gasteiger partial charge is 0.370 e. The van der Waals surface area contributed by atoms with E-state index in [1.807, 2.05) is 19.1 Å². The Bertz CT molecular complexity index is 657. The zero-order chi connectivity index (χ0) is 14.8. The molecule has 0 aliphatic carbocycles. The molecule has 1 aromatic carbocycles. The molecule has 0 radical (unpaired) electrons. The van der Waals surface area contributed by atoms with E-state index in [9.17, 15) is 4.39 Å². The number of hydrogen-bond acceptors (Lipinski definition) is 4. The van der Waals surface area contributed by atoms with E-state index in [2.05, 4.69) is 27.1 Å². The lowest BCUT2D eigenvalue weighted by atomic mass is 10.2. The van der Waals surface area contributed by atoms with Crippen molar-refractivity contribution in [1.29, 1.82) is 0 Å². The van der Waals surface area contributed by atoms with E-state index in [-0.39, 0.29) is 5.82 Å². The summed E-state index contributed by atoms with van der Waals surface area (Å²) >= 11 is 0. The molecule has 4 nitrogen and oxygen atoms in total. The van der Waals surface area contributed by atoms with Gasteiger partial charge in [0, 0.05) is 24.8 Å². The van der Waals surface area contributed by atoms with Gasteiger partial charge in [0.25, 0.3) is 0 Å². The maximum Gasteiger partial charge on any atom is 0.138 e. The Morgan fingerprint density at radius 3 is 2.95 bits per heavy atom. The number of fused-ring (bicyclic) bond motifs is 1. The number of nitrogens with one attached hydrogen (secondary N) is 1. The molecule has 1 N–H and O–H groups in total. The molecular weight excluding hydrogens is 267 g/mol. The number of benzene rings is 1. The number of aromatic nitrogens is 2. The van der Waals surface area contributed by atoms with Crippen molar-refractivity contribution in [2.75, 3.05) is 23.3 Å². The van der Waals surface area contributed by atoms with Crippen LogP contribution in [-0.2, 0) is 6.42 Å². The van der Waals surface area contributed by atoms with Gasteiger partial charge in [0.1, 0.15) is 23.3 Å². The van der Waals surface area contributed by atoms with Gasteiger partial charge in [-0.15, -0.1) is 0 Å². The molecule has 0 bridgehead atoms. The molecule has 5 heteroatoms. The zero-order valence-corrected chi connectivity index (χ0v) is 12.4. The number of aryl methyl sites for hydroxylation is 1. The minimum Gasteiger partial charge on any atom is -0.370 e. The highest BCUT2D eigenvalue weighted by Crippen LogP contribution is 2.34. The summed E-state index contributed by atoms with van der Waals surface area (Å²) in [7, 11) is 0. The van der Waals surface area contributed by atoms with Crippen LogP contribution in [0.1, 0.15) is 24.7 Å². The van der Waals surface area contributed by atoms with Gasteiger partial charge in [-0.2, -0.15) is 0 Å². The molecule has 0 unspecified atom stereocenters. The molecule has 0 amide bonds. The highest BCUT2D eigenvalue weighted by Gasteiger charge is 2.22. The molecule has 1 aromatic heterocycles. The second kappa shape index (κ2) is 5.68. The predicted molar refractivity (Wildman–Crippen MR) is 82.7 cm³/mol. The molecule has 0 spiro atoms. The van der Waals surface area contributed by atoms with E-state index in [1.54, 1.807) is 6.07 Å². The van der Waals surface area contributed by atoms with Gasteiger partial charge in [-0.25, -0.2) is 14.4 Å². The Morgan fingerprint density at radius 1 is 1.29 bits per heavy atom. The summed E-state index contributed by atoms with van der Waals surface area (Å²) < 4.78 is 13.5. The third kappa shape index (κ3) is 2.82. The lowest BCUT2D eigenvalue weighted by Gasteiger charge is -2.19. The van der Waals surface area contributed by atoms with Crippen LogP contribution in [-0.4, -0.2) is 23.1 Å². The second-order valence-corrected chi connectivity index (χ2v) is 5.26. The van der Waals surface area contributed by atoms with E-state index in [0.717, 1.165) is 54.6 Å². The Morgan fingerprint density at radius 2 is 2.14 bits per heavy atom. The molecule has 2 aromatic rings. The van der Waals surface area contributed by atoms with Crippen molar-refractivity contribution in [3.05, 3.63) is 41.5 Å². The monoisotopic (exact) mass is 286 g/mol. The predicted octanol–water partition coefficient (Wildman–Crippen LogP) is 3.44. The summed E-state index contributed by atoms with van der Waals surface area (Å²) in [5.41, 5.74) is 2.07. The van der Waals surface area contributed by atoms with E-state index >= 15 is 0 Å². The number of hydrogen-bond donors (Lipinski definition) is 1. The van der Waals surface area contributed by atoms with E-state index < -0.39 is 0 Å². The maximum absolute atomic E-state index is 13.5. The highest BCUT2D eigenvalue weighted by molar-refractivity contribution is 5.69. The van der Waals surface area contributed by atoms with Crippen LogP contribution in [0.4, 0.5) is 21.7 Å². The van der Waals surface area contributed by atoms with Crippen LogP contribution in [0, 0.1) is 12.7 Å². The van der Waals surface area contributed by atoms with Gasteiger partial charge in [-0.3, -0.25) is 0 Å². The molecule has 1 aliphatic heterocycles. The smallest absolute Gasteiger partial charge is 0.138 e. The maximum atomic E-state index is 13.5. The van der Waals surface area contributed by atoms with Gasteiger partial charge in [0.2, 0.25) is 0 Å². The van der Waals surface area contributed by atoms with Crippen LogP contribution >= 0.6 is 0 Å². The average molecular weight is 286 g/mol. The highest BCUT2D eigenvalue weighted by atomic mass is 19.1. The van der Waals surface area contributed by atoms with Crippen LogP contribution in [0.2, 0.25) is 0 Å². The SMILES string of the molecule is CCCNc1cc(N2CCc3ccc(F)cc32)nc(C)n1. The van der Waals surface area contributed by atoms with Crippen LogP contribution in [0.5, 0.6) is 0 Å². The summed E-state index contributed by atoms with van der Waals surface area (Å²) in [5.74, 6) is 2.15. The number of nitrogens with zero attached hydrogens (tertiary/aromatic N) is 3. The Balaban J connectivity index is 1.95. The van der Waals surface area contributed by atoms with Gasteiger partial charge in [-0.05, 0) is 37.5 Å². The van der Waals surface area contributed by atoms with Gasteiger partial charge < -0.3 is 10.2 Å². The van der Waals surface area contributed by atoms with Gasteiger partial charge in [0.05, 0.1) is 0 Å². The molecule has 2 heterocycles. The first-order valence-electron chi connectivity index (χ1n) is 7.33. The summed E-state index contributed by atoms with van der Waals surface area (Å²) in [6.07, 6.45) is 1.95. The fourth-order valence-electron chi connectivity index (χ4n) is 2.62. The van der Waals surface area contributed by atoms with Crippen molar-refractivity contribution in [3.63, 3.8) is 0 Å². The quantitative estimate of drug-likeness (QED) is 0.934. The summed E-state index contributed by atoms with van der Waals surface area (Å²) in [5, 5.41) is 3.28.